The van der Waals surface area contributed by atoms with E-state index in [1.165, 1.54) is 0 Å². The van der Waals surface area contributed by atoms with Crippen LogP contribution in [0.5, 0.6) is 0 Å². The molecule has 22 heavy (non-hydrogen) atoms. The summed E-state index contributed by atoms with van der Waals surface area (Å²) in [5.41, 5.74) is 3.58. The van der Waals surface area contributed by atoms with Crippen molar-refractivity contribution in [2.24, 2.45) is 0 Å². The molecule has 0 bridgehead atoms. The molecule has 0 unspecified atom stereocenters. The zero-order chi connectivity index (χ0) is 15.8. The quantitative estimate of drug-likeness (QED) is 0.762. The molecule has 0 amide bonds. The second-order valence-electron chi connectivity index (χ2n) is 4.48. The predicted molar refractivity (Wildman–Crippen MR) is 91.8 cm³/mol. The van der Waals surface area contributed by atoms with E-state index in [-0.39, 0.29) is 0 Å². The average Bonchev–Trinajstić information content (AvgIpc) is 2.59. The zero-order valence-electron chi connectivity index (χ0n) is 12.1. The molecular weight excluding hydrogens is 268 g/mol. The number of rotatable bonds is 2. The Kier molecular flexibility index (Phi) is 5.14. The van der Waals surface area contributed by atoms with E-state index in [9.17, 15) is 4.79 Å². The molecule has 0 radical (unpaired) electrons. The van der Waals surface area contributed by atoms with Gasteiger partial charge in [-0.1, -0.05) is 61.4 Å². The lowest BCUT2D eigenvalue weighted by Crippen LogP contribution is -1.87. The molecule has 0 spiro atoms. The Morgan fingerprint density at radius 3 is 1.41 bits per heavy atom. The highest BCUT2D eigenvalue weighted by molar-refractivity contribution is 6.09. The molecular formula is C21H14O. The molecule has 1 nitrogen and oxygen atoms in total. The summed E-state index contributed by atoms with van der Waals surface area (Å²) in [6.45, 7) is 7.37. The lowest BCUT2D eigenvalue weighted by Gasteiger charge is -1.92. The van der Waals surface area contributed by atoms with Gasteiger partial charge in [0.05, 0.1) is 0 Å². The molecule has 0 aliphatic rings. The third-order valence-corrected chi connectivity index (χ3v) is 2.93. The van der Waals surface area contributed by atoms with Crippen LogP contribution in [-0.4, -0.2) is 5.78 Å². The van der Waals surface area contributed by atoms with E-state index in [2.05, 4.69) is 36.8 Å². The normalized spacial score (nSPS) is 8.73. The first kappa shape index (κ1) is 15.1. The van der Waals surface area contributed by atoms with Crippen molar-refractivity contribution in [1.29, 1.82) is 0 Å². The highest BCUT2D eigenvalue weighted by atomic mass is 16.1. The minimum atomic E-state index is -0.402. The minimum absolute atomic E-state index is 0.402. The van der Waals surface area contributed by atoms with E-state index in [0.29, 0.717) is 0 Å². The van der Waals surface area contributed by atoms with E-state index in [1.807, 2.05) is 48.5 Å². The number of carbonyl (C=O) groups is 1. The van der Waals surface area contributed by atoms with Crippen LogP contribution in [0.15, 0.2) is 61.7 Å². The summed E-state index contributed by atoms with van der Waals surface area (Å²) >= 11 is 0. The third kappa shape index (κ3) is 4.37. The molecule has 0 fully saturated rings. The number of benzene rings is 2. The maximum Gasteiger partial charge on any atom is 0.279 e. The molecule has 2 rings (SSSR count). The molecule has 0 saturated carbocycles. The molecule has 0 aliphatic heterocycles. The van der Waals surface area contributed by atoms with Crippen LogP contribution >= 0.6 is 0 Å². The first-order chi connectivity index (χ1) is 10.7. The Morgan fingerprint density at radius 2 is 1.09 bits per heavy atom. The molecule has 0 saturated heterocycles. The van der Waals surface area contributed by atoms with Crippen molar-refractivity contribution < 1.29 is 4.79 Å². The lowest BCUT2D eigenvalue weighted by molar-refractivity contribution is -0.108. The van der Waals surface area contributed by atoms with Crippen LogP contribution < -0.4 is 0 Å². The van der Waals surface area contributed by atoms with E-state index in [0.717, 1.165) is 22.3 Å². The van der Waals surface area contributed by atoms with Gasteiger partial charge in [-0.15, -0.1) is 0 Å². The maximum atomic E-state index is 11.7. The van der Waals surface area contributed by atoms with Gasteiger partial charge in [0.25, 0.3) is 5.78 Å². The van der Waals surface area contributed by atoms with Gasteiger partial charge in [0, 0.05) is 11.1 Å². The van der Waals surface area contributed by atoms with Crippen molar-refractivity contribution in [2.45, 2.75) is 0 Å². The topological polar surface area (TPSA) is 17.1 Å². The van der Waals surface area contributed by atoms with Crippen LogP contribution in [0.2, 0.25) is 0 Å². The second kappa shape index (κ2) is 7.48. The Labute approximate surface area is 131 Å². The Morgan fingerprint density at radius 1 is 0.727 bits per heavy atom. The Balaban J connectivity index is 2.06. The van der Waals surface area contributed by atoms with E-state index < -0.39 is 5.78 Å². The van der Waals surface area contributed by atoms with E-state index in [4.69, 9.17) is 0 Å². The van der Waals surface area contributed by atoms with Crippen molar-refractivity contribution in [3.05, 3.63) is 83.9 Å². The molecule has 0 aliphatic carbocycles. The Bertz CT molecular complexity index is 742. The summed E-state index contributed by atoms with van der Waals surface area (Å²) in [5, 5.41) is 0. The maximum absolute atomic E-state index is 11.7. The number of hydrogen-bond acceptors (Lipinski definition) is 1. The largest absolute Gasteiger partial charge is 0.279 e. The summed E-state index contributed by atoms with van der Waals surface area (Å²) in [4.78, 5) is 11.7. The summed E-state index contributed by atoms with van der Waals surface area (Å²) in [5.74, 6) is 10.2. The van der Waals surface area contributed by atoms with Crippen molar-refractivity contribution in [2.75, 3.05) is 0 Å². The van der Waals surface area contributed by atoms with Crippen LogP contribution in [0, 0.1) is 23.7 Å². The lowest BCUT2D eigenvalue weighted by atomic mass is 10.1. The molecule has 0 aromatic heterocycles. The van der Waals surface area contributed by atoms with Gasteiger partial charge < -0.3 is 0 Å². The first-order valence-electron chi connectivity index (χ1n) is 6.74. The van der Waals surface area contributed by atoms with Gasteiger partial charge in [0.15, 0.2) is 0 Å². The standard InChI is InChI=1S/C21H14O/c1-3-17-5-9-19(10-6-17)13-15-21(22)16-14-20-11-7-18(4-2)8-12-20/h3-12H,1-2H2. The third-order valence-electron chi connectivity index (χ3n) is 2.93. The van der Waals surface area contributed by atoms with Gasteiger partial charge in [-0.25, -0.2) is 0 Å². The predicted octanol–water partition coefficient (Wildman–Crippen LogP) is 3.94. The van der Waals surface area contributed by atoms with E-state index in [1.54, 1.807) is 12.2 Å². The van der Waals surface area contributed by atoms with Gasteiger partial charge in [0.1, 0.15) is 0 Å². The average molecular weight is 282 g/mol. The SMILES string of the molecule is C=Cc1ccc(C#CC(=O)C#Cc2ccc(C=C)cc2)cc1. The van der Waals surface area contributed by atoms with Crippen molar-refractivity contribution in [1.82, 2.24) is 0 Å². The number of hydrogen-bond donors (Lipinski definition) is 0. The van der Waals surface area contributed by atoms with Crippen LogP contribution in [0.1, 0.15) is 22.3 Å². The van der Waals surface area contributed by atoms with Crippen LogP contribution in [0.25, 0.3) is 12.2 Å². The molecule has 1 heteroatoms. The fourth-order valence-corrected chi connectivity index (χ4v) is 1.69. The van der Waals surface area contributed by atoms with Gasteiger partial charge >= 0.3 is 0 Å². The van der Waals surface area contributed by atoms with Crippen LogP contribution in [0.4, 0.5) is 0 Å². The van der Waals surface area contributed by atoms with Gasteiger partial charge in [-0.2, -0.15) is 0 Å². The van der Waals surface area contributed by atoms with E-state index >= 15 is 0 Å². The fraction of sp³-hybridized carbons (Fsp3) is 0. The monoisotopic (exact) mass is 282 g/mol. The summed E-state index contributed by atoms with van der Waals surface area (Å²) in [6.07, 6.45) is 3.51. The first-order valence-corrected chi connectivity index (χ1v) is 6.74. The van der Waals surface area contributed by atoms with Crippen LogP contribution in [0.3, 0.4) is 0 Å². The van der Waals surface area contributed by atoms with Crippen molar-refractivity contribution in [3.8, 4) is 23.7 Å². The molecule has 2 aromatic rings. The summed E-state index contributed by atoms with van der Waals surface area (Å²) < 4.78 is 0. The van der Waals surface area contributed by atoms with Gasteiger partial charge in [-0.05, 0) is 47.2 Å². The molecule has 2 aromatic carbocycles. The van der Waals surface area contributed by atoms with Crippen LogP contribution in [-0.2, 0) is 4.79 Å². The molecule has 104 valence electrons. The second-order valence-corrected chi connectivity index (χ2v) is 4.48. The fourth-order valence-electron chi connectivity index (χ4n) is 1.69. The number of Topliss-reactive ketones (excluding diaryl/α,β-unsaturated/α-hetero) is 1. The highest BCUT2D eigenvalue weighted by Gasteiger charge is 1.91. The molecule has 0 atom stereocenters. The number of ketones is 1. The van der Waals surface area contributed by atoms with Gasteiger partial charge in [0.2, 0.25) is 0 Å². The van der Waals surface area contributed by atoms with Crippen molar-refractivity contribution >= 4 is 17.9 Å². The summed E-state index contributed by atoms with van der Waals surface area (Å²) in [6, 6.07) is 15.0. The minimum Gasteiger partial charge on any atom is -0.270 e. The zero-order valence-corrected chi connectivity index (χ0v) is 12.1. The van der Waals surface area contributed by atoms with Crippen molar-refractivity contribution in [3.63, 3.8) is 0 Å². The van der Waals surface area contributed by atoms with Gasteiger partial charge in [-0.3, -0.25) is 4.79 Å². The molecule has 0 heterocycles. The summed E-state index contributed by atoms with van der Waals surface area (Å²) in [7, 11) is 0. The highest BCUT2D eigenvalue weighted by Crippen LogP contribution is 2.04. The number of carbonyl (C=O) groups excluding carboxylic acids is 1. The Hall–Kier alpha value is -3.29. The molecule has 0 N–H and O–H groups in total. The smallest absolute Gasteiger partial charge is 0.270 e.